The van der Waals surface area contributed by atoms with Gasteiger partial charge in [0.15, 0.2) is 6.10 Å². The Morgan fingerprint density at radius 3 is 0.823 bits per heavy atom. The van der Waals surface area contributed by atoms with Crippen molar-refractivity contribution in [1.82, 2.24) is 0 Å². The minimum Gasteiger partial charge on any atom is -0.462 e. The lowest BCUT2D eigenvalue weighted by molar-refractivity contribution is -0.167. The van der Waals surface area contributed by atoms with E-state index in [-0.39, 0.29) is 31.1 Å². The molecule has 0 heterocycles. The number of carbonyl (C=O) groups excluding carboxylic acids is 3. The van der Waals surface area contributed by atoms with Gasteiger partial charge in [0.25, 0.3) is 0 Å². The Kier molecular flexibility index (Phi) is 63.3. The number of carbonyl (C=O) groups is 3. The van der Waals surface area contributed by atoms with Crippen LogP contribution in [0, 0.1) is 0 Å². The minimum atomic E-state index is -0.794. The fraction of sp³-hybridized carbons (Fsp3) is 0.712. The second-order valence-corrected chi connectivity index (χ2v) is 22.0. The van der Waals surface area contributed by atoms with Crippen molar-refractivity contribution in [1.29, 1.82) is 0 Å². The van der Waals surface area contributed by atoms with Crippen LogP contribution in [0.1, 0.15) is 316 Å². The van der Waals surface area contributed by atoms with Gasteiger partial charge < -0.3 is 14.2 Å². The van der Waals surface area contributed by atoms with E-state index in [0.29, 0.717) is 19.3 Å². The molecule has 0 aromatic rings. The van der Waals surface area contributed by atoms with Crippen LogP contribution in [0.15, 0.2) is 109 Å². The molecule has 452 valence electrons. The summed E-state index contributed by atoms with van der Waals surface area (Å²) in [6.07, 6.45) is 91.0. The van der Waals surface area contributed by atoms with Crippen LogP contribution in [0.5, 0.6) is 0 Å². The van der Waals surface area contributed by atoms with Gasteiger partial charge in [0.1, 0.15) is 13.2 Å². The highest BCUT2D eigenvalue weighted by Gasteiger charge is 2.19. The molecule has 0 saturated carbocycles. The van der Waals surface area contributed by atoms with Gasteiger partial charge in [0.05, 0.1) is 0 Å². The normalized spacial score (nSPS) is 12.8. The van der Waals surface area contributed by atoms with Crippen molar-refractivity contribution >= 4 is 17.9 Å². The van der Waals surface area contributed by atoms with Gasteiger partial charge in [0.2, 0.25) is 0 Å². The molecule has 0 fully saturated rings. The first-order valence-electron chi connectivity index (χ1n) is 33.4. The Hall–Kier alpha value is -3.93. The predicted molar refractivity (Wildman–Crippen MR) is 343 cm³/mol. The second-order valence-electron chi connectivity index (χ2n) is 22.0. The number of ether oxygens (including phenoxy) is 3. The molecule has 6 nitrogen and oxygen atoms in total. The maximum absolute atomic E-state index is 12.9. The molecule has 0 aliphatic carbocycles. The lowest BCUT2D eigenvalue weighted by Crippen LogP contribution is -2.30. The Morgan fingerprint density at radius 1 is 0.266 bits per heavy atom. The van der Waals surface area contributed by atoms with Crippen LogP contribution >= 0.6 is 0 Å². The van der Waals surface area contributed by atoms with Gasteiger partial charge in [-0.2, -0.15) is 0 Å². The average molecular weight is 1100 g/mol. The van der Waals surface area contributed by atoms with E-state index in [1.807, 2.05) is 0 Å². The summed E-state index contributed by atoms with van der Waals surface area (Å²) < 4.78 is 16.9. The molecule has 1 unspecified atom stereocenters. The van der Waals surface area contributed by atoms with Crippen LogP contribution in [-0.2, 0) is 28.6 Å². The summed E-state index contributed by atoms with van der Waals surface area (Å²) in [4.78, 5) is 38.4. The highest BCUT2D eigenvalue weighted by molar-refractivity contribution is 5.71. The molecule has 0 radical (unpaired) electrons. The first-order chi connectivity index (χ1) is 39.0. The molecule has 0 amide bonds. The fourth-order valence-electron chi connectivity index (χ4n) is 9.24. The lowest BCUT2D eigenvalue weighted by Gasteiger charge is -2.18. The highest BCUT2D eigenvalue weighted by Crippen LogP contribution is 2.16. The maximum atomic E-state index is 12.9. The van der Waals surface area contributed by atoms with E-state index >= 15 is 0 Å². The zero-order valence-corrected chi connectivity index (χ0v) is 51.9. The zero-order valence-electron chi connectivity index (χ0n) is 51.9. The van der Waals surface area contributed by atoms with Crippen molar-refractivity contribution in [2.45, 2.75) is 322 Å². The van der Waals surface area contributed by atoms with Crippen LogP contribution in [0.25, 0.3) is 0 Å². The van der Waals surface area contributed by atoms with Crippen molar-refractivity contribution < 1.29 is 28.6 Å². The van der Waals surface area contributed by atoms with Gasteiger partial charge in [-0.15, -0.1) is 0 Å². The highest BCUT2D eigenvalue weighted by atomic mass is 16.6. The van der Waals surface area contributed by atoms with Crippen molar-refractivity contribution in [3.63, 3.8) is 0 Å². The van der Waals surface area contributed by atoms with E-state index in [2.05, 4.69) is 130 Å². The maximum Gasteiger partial charge on any atom is 0.306 e. The Bertz CT molecular complexity index is 1590. The van der Waals surface area contributed by atoms with E-state index in [9.17, 15) is 14.4 Å². The summed E-state index contributed by atoms with van der Waals surface area (Å²) in [6, 6.07) is 0. The van der Waals surface area contributed by atoms with Gasteiger partial charge >= 0.3 is 17.9 Å². The molecule has 79 heavy (non-hydrogen) atoms. The van der Waals surface area contributed by atoms with E-state index in [4.69, 9.17) is 14.2 Å². The van der Waals surface area contributed by atoms with Crippen LogP contribution in [-0.4, -0.2) is 37.2 Å². The van der Waals surface area contributed by atoms with Crippen molar-refractivity contribution in [3.8, 4) is 0 Å². The van der Waals surface area contributed by atoms with E-state index in [1.165, 1.54) is 135 Å². The van der Waals surface area contributed by atoms with Crippen molar-refractivity contribution in [3.05, 3.63) is 109 Å². The van der Waals surface area contributed by atoms with E-state index < -0.39 is 6.10 Å². The van der Waals surface area contributed by atoms with Gasteiger partial charge in [-0.25, -0.2) is 0 Å². The number of allylic oxidation sites excluding steroid dienone is 18. The summed E-state index contributed by atoms with van der Waals surface area (Å²) in [5.74, 6) is -0.907. The summed E-state index contributed by atoms with van der Waals surface area (Å²) in [6.45, 7) is 6.45. The SMILES string of the molecule is CC/C=C\C/C=C\C/C=C\C/C=C\CCCCCCCCCCCCCCCCC(=O)OCC(COC(=O)CCCCCCC/C=C\C/C=C\CCC)OC(=O)CCCCCCCC/C=C\C/C=C\C/C=C\CCCCCCC. The van der Waals surface area contributed by atoms with Crippen LogP contribution in [0.3, 0.4) is 0 Å². The molecule has 0 spiro atoms. The molecule has 0 rings (SSSR count). The van der Waals surface area contributed by atoms with Crippen LogP contribution in [0.2, 0.25) is 0 Å². The molecule has 1 atom stereocenters. The van der Waals surface area contributed by atoms with Gasteiger partial charge in [-0.05, 0) is 122 Å². The summed E-state index contributed by atoms with van der Waals surface area (Å²) in [7, 11) is 0. The first-order valence-corrected chi connectivity index (χ1v) is 33.4. The molecule has 0 aromatic carbocycles. The number of hydrogen-bond donors (Lipinski definition) is 0. The van der Waals surface area contributed by atoms with Crippen LogP contribution < -0.4 is 0 Å². The van der Waals surface area contributed by atoms with Crippen molar-refractivity contribution in [2.75, 3.05) is 13.2 Å². The smallest absolute Gasteiger partial charge is 0.306 e. The van der Waals surface area contributed by atoms with Gasteiger partial charge in [-0.3, -0.25) is 14.4 Å². The molecule has 6 heteroatoms. The Labute approximate surface area is 489 Å². The molecule has 0 N–H and O–H groups in total. The van der Waals surface area contributed by atoms with Crippen LogP contribution in [0.4, 0.5) is 0 Å². The third kappa shape index (κ3) is 64.8. The van der Waals surface area contributed by atoms with Gasteiger partial charge in [-0.1, -0.05) is 284 Å². The molecule has 0 aromatic heterocycles. The number of esters is 3. The quantitative estimate of drug-likeness (QED) is 0.0261. The lowest BCUT2D eigenvalue weighted by atomic mass is 10.0. The van der Waals surface area contributed by atoms with Crippen molar-refractivity contribution in [2.24, 2.45) is 0 Å². The standard InChI is InChI=1S/C73H124O6/c1-4-7-10-13-16-19-22-25-27-29-31-33-34-35-36-37-38-40-41-43-45-48-51-54-57-60-63-66-72(75)78-69-70(68-77-71(74)65-62-59-56-53-50-47-24-21-18-15-12-9-6-3)79-73(76)67-64-61-58-55-52-49-46-44-42-39-32-30-28-26-23-20-17-14-11-8-5-2/h7,10,12,15-16,19,21,23-27,30-33,42,44,70H,4-6,8-9,11,13-14,17-18,20,22,28-29,34-41,43,45-69H2,1-3H3/b10-7-,15-12-,19-16-,24-21-,26-23-,27-25-,32-30-,33-31-,44-42-. The third-order valence-electron chi connectivity index (χ3n) is 14.2. The summed E-state index contributed by atoms with van der Waals surface area (Å²) >= 11 is 0. The zero-order chi connectivity index (χ0) is 57.1. The topological polar surface area (TPSA) is 78.9 Å². The third-order valence-corrected chi connectivity index (χ3v) is 14.2. The molecular formula is C73H124O6. The van der Waals surface area contributed by atoms with Gasteiger partial charge in [0, 0.05) is 19.3 Å². The summed E-state index contributed by atoms with van der Waals surface area (Å²) in [5, 5.41) is 0. The second kappa shape index (κ2) is 66.6. The number of unbranched alkanes of at least 4 members (excludes halogenated alkanes) is 31. The number of hydrogen-bond acceptors (Lipinski definition) is 6. The molecule has 0 aliphatic heterocycles. The van der Waals surface area contributed by atoms with E-state index in [0.717, 1.165) is 141 Å². The minimum absolute atomic E-state index is 0.0879. The molecule has 0 saturated heterocycles. The largest absolute Gasteiger partial charge is 0.462 e. The fourth-order valence-corrected chi connectivity index (χ4v) is 9.24. The number of rotatable bonds is 60. The molecular weight excluding hydrogens is 973 g/mol. The predicted octanol–water partition coefficient (Wildman–Crippen LogP) is 23.0. The Balaban J connectivity index is 4.32. The Morgan fingerprint density at radius 2 is 0.519 bits per heavy atom. The monoisotopic (exact) mass is 1100 g/mol. The summed E-state index contributed by atoms with van der Waals surface area (Å²) in [5.41, 5.74) is 0. The van der Waals surface area contributed by atoms with E-state index in [1.54, 1.807) is 0 Å². The first kappa shape index (κ1) is 75.1. The molecule has 0 aliphatic rings. The molecule has 0 bridgehead atoms. The average Bonchev–Trinajstić information content (AvgIpc) is 3.45.